The summed E-state index contributed by atoms with van der Waals surface area (Å²) in [5.74, 6) is 0.248. The van der Waals surface area contributed by atoms with Crippen LogP contribution < -0.4 is 10.5 Å². The number of ether oxygens (including phenoxy) is 1. The molecule has 2 heterocycles. The Balaban J connectivity index is 1.30. The summed E-state index contributed by atoms with van der Waals surface area (Å²) in [6.45, 7) is 7.28. The second-order valence-corrected chi connectivity index (χ2v) is 10.8. The molecule has 0 bridgehead atoms. The normalized spacial score (nSPS) is 20.5. The molecule has 4 rings (SSSR count). The highest BCUT2D eigenvalue weighted by Gasteiger charge is 2.34. The number of piperidine rings is 1. The Kier molecular flexibility index (Phi) is 9.39. The number of nitrogens with two attached hydrogens (primary N) is 1. The molecule has 2 fully saturated rings. The highest BCUT2D eigenvalue weighted by atomic mass is 19.1. The molecule has 0 spiro atoms. The standard InChI is InChI=1S/C30H41F2N3O3/c1-3-30(32,4-2)20-34-16-13-21(14-17-34)19-38-24-10-7-22(8-11-24)25-12-9-23(18-26(25)31)29(37)35-15-5-6-27(35)28(33)36/h7-12,18,21,27,29,37H,3-6,13-17,19-20H2,1-2H3,(H2,33,36)/t27-,29?/m0/s1. The minimum atomic E-state index is -1.09. The lowest BCUT2D eigenvalue weighted by Gasteiger charge is -2.36. The van der Waals surface area contributed by atoms with E-state index in [9.17, 15) is 14.3 Å². The molecule has 1 unspecified atom stereocenters. The largest absolute Gasteiger partial charge is 0.493 e. The molecule has 0 radical (unpaired) electrons. The first-order valence-corrected chi connectivity index (χ1v) is 13.9. The molecule has 8 heteroatoms. The van der Waals surface area contributed by atoms with Crippen LogP contribution in [-0.2, 0) is 4.79 Å². The Labute approximate surface area is 224 Å². The maximum absolute atomic E-state index is 15.0. The van der Waals surface area contributed by atoms with Crippen LogP contribution in [0.1, 0.15) is 64.2 Å². The second kappa shape index (κ2) is 12.5. The monoisotopic (exact) mass is 529 g/mol. The summed E-state index contributed by atoms with van der Waals surface area (Å²) in [4.78, 5) is 15.5. The number of halogens is 2. The van der Waals surface area contributed by atoms with E-state index in [1.165, 1.54) is 6.07 Å². The Morgan fingerprint density at radius 3 is 2.39 bits per heavy atom. The van der Waals surface area contributed by atoms with Crippen molar-refractivity contribution < 1.29 is 23.4 Å². The van der Waals surface area contributed by atoms with Gasteiger partial charge >= 0.3 is 0 Å². The zero-order chi connectivity index (χ0) is 27.3. The summed E-state index contributed by atoms with van der Waals surface area (Å²) in [5.41, 5.74) is 5.90. The van der Waals surface area contributed by atoms with Crippen LogP contribution in [0, 0.1) is 11.7 Å². The van der Waals surface area contributed by atoms with Gasteiger partial charge in [-0.1, -0.05) is 38.1 Å². The third kappa shape index (κ3) is 6.71. The molecule has 3 N–H and O–H groups in total. The van der Waals surface area contributed by atoms with Crippen molar-refractivity contribution in [3.05, 3.63) is 53.8 Å². The van der Waals surface area contributed by atoms with Crippen LogP contribution in [0.5, 0.6) is 5.75 Å². The number of alkyl halides is 1. The second-order valence-electron chi connectivity index (χ2n) is 10.8. The first kappa shape index (κ1) is 28.5. The minimum absolute atomic E-state index is 0.395. The van der Waals surface area contributed by atoms with Crippen molar-refractivity contribution in [2.75, 3.05) is 32.8 Å². The Morgan fingerprint density at radius 1 is 1.11 bits per heavy atom. The van der Waals surface area contributed by atoms with Gasteiger partial charge in [-0.2, -0.15) is 0 Å². The molecule has 6 nitrogen and oxygen atoms in total. The number of rotatable bonds is 11. The van der Waals surface area contributed by atoms with Gasteiger partial charge < -0.3 is 20.5 Å². The molecular weight excluding hydrogens is 488 g/mol. The van der Waals surface area contributed by atoms with E-state index in [1.807, 2.05) is 38.1 Å². The number of carbonyl (C=O) groups is 1. The number of nitrogens with zero attached hydrogens (tertiary/aromatic N) is 2. The van der Waals surface area contributed by atoms with E-state index in [2.05, 4.69) is 4.90 Å². The van der Waals surface area contributed by atoms with E-state index in [-0.39, 0.29) is 0 Å². The van der Waals surface area contributed by atoms with Crippen molar-refractivity contribution in [2.45, 2.75) is 70.3 Å². The molecule has 2 aliphatic heterocycles. The summed E-state index contributed by atoms with van der Waals surface area (Å²) in [6.07, 6.45) is 3.35. The van der Waals surface area contributed by atoms with Crippen LogP contribution in [0.15, 0.2) is 42.5 Å². The number of aliphatic hydroxyl groups is 1. The molecule has 1 amide bonds. The SMILES string of the molecule is CCC(F)(CC)CN1CCC(COc2ccc(-c3ccc(C(O)N4CCC[C@H]4C(N)=O)cc3F)cc2)CC1. The molecule has 2 aromatic carbocycles. The molecule has 2 saturated heterocycles. The van der Waals surface area contributed by atoms with E-state index < -0.39 is 29.7 Å². The van der Waals surface area contributed by atoms with Crippen LogP contribution in [-0.4, -0.2) is 65.3 Å². The van der Waals surface area contributed by atoms with Gasteiger partial charge in [0.25, 0.3) is 0 Å². The Hall–Kier alpha value is -2.55. The average Bonchev–Trinajstić information content (AvgIpc) is 3.43. The van der Waals surface area contributed by atoms with Gasteiger partial charge in [0, 0.05) is 18.7 Å². The van der Waals surface area contributed by atoms with Crippen LogP contribution in [0.3, 0.4) is 0 Å². The van der Waals surface area contributed by atoms with Crippen LogP contribution in [0.2, 0.25) is 0 Å². The van der Waals surface area contributed by atoms with Crippen LogP contribution in [0.25, 0.3) is 11.1 Å². The van der Waals surface area contributed by atoms with Gasteiger partial charge in [0.2, 0.25) is 5.91 Å². The number of hydrogen-bond donors (Lipinski definition) is 2. The smallest absolute Gasteiger partial charge is 0.234 e. The van der Waals surface area contributed by atoms with E-state index in [0.29, 0.717) is 61.6 Å². The molecule has 38 heavy (non-hydrogen) atoms. The van der Waals surface area contributed by atoms with Gasteiger partial charge in [0.15, 0.2) is 0 Å². The first-order chi connectivity index (χ1) is 18.2. The number of carbonyl (C=O) groups excluding carboxylic acids is 1. The van der Waals surface area contributed by atoms with E-state index >= 15 is 4.39 Å². The van der Waals surface area contributed by atoms with Gasteiger partial charge in [0.05, 0.1) is 12.6 Å². The number of primary amides is 1. The molecule has 0 saturated carbocycles. The maximum Gasteiger partial charge on any atom is 0.234 e. The predicted molar refractivity (Wildman–Crippen MR) is 145 cm³/mol. The van der Waals surface area contributed by atoms with Crippen molar-refractivity contribution in [2.24, 2.45) is 11.7 Å². The number of benzene rings is 2. The lowest BCUT2D eigenvalue weighted by Crippen LogP contribution is -2.44. The lowest BCUT2D eigenvalue weighted by molar-refractivity contribution is -0.126. The maximum atomic E-state index is 15.0. The minimum Gasteiger partial charge on any atom is -0.493 e. The van der Waals surface area contributed by atoms with Gasteiger partial charge in [-0.05, 0) is 86.9 Å². The summed E-state index contributed by atoms with van der Waals surface area (Å²) < 4.78 is 35.8. The van der Waals surface area contributed by atoms with E-state index in [1.54, 1.807) is 17.0 Å². The zero-order valence-electron chi connectivity index (χ0n) is 22.5. The van der Waals surface area contributed by atoms with E-state index in [0.717, 1.165) is 38.1 Å². The zero-order valence-corrected chi connectivity index (χ0v) is 22.5. The van der Waals surface area contributed by atoms with Crippen LogP contribution >= 0.6 is 0 Å². The quantitative estimate of drug-likeness (QED) is 0.426. The molecule has 0 aliphatic carbocycles. The fraction of sp³-hybridized carbons (Fsp3) is 0.567. The number of aliphatic hydroxyl groups excluding tert-OH is 1. The van der Waals surface area contributed by atoms with Gasteiger partial charge in [-0.15, -0.1) is 0 Å². The average molecular weight is 530 g/mol. The van der Waals surface area contributed by atoms with E-state index in [4.69, 9.17) is 10.5 Å². The topological polar surface area (TPSA) is 79.0 Å². The third-order valence-electron chi connectivity index (χ3n) is 8.36. The van der Waals surface area contributed by atoms with Gasteiger partial charge in [0.1, 0.15) is 23.5 Å². The van der Waals surface area contributed by atoms with Crippen molar-refractivity contribution >= 4 is 5.91 Å². The van der Waals surface area contributed by atoms with Crippen molar-refractivity contribution in [3.8, 4) is 16.9 Å². The highest BCUT2D eigenvalue weighted by Crippen LogP contribution is 2.32. The van der Waals surface area contributed by atoms with Gasteiger partial charge in [-0.3, -0.25) is 9.69 Å². The molecule has 2 atom stereocenters. The van der Waals surface area contributed by atoms with Crippen molar-refractivity contribution in [3.63, 3.8) is 0 Å². The predicted octanol–water partition coefficient (Wildman–Crippen LogP) is 5.05. The molecular formula is C30H41F2N3O3. The lowest BCUT2D eigenvalue weighted by atomic mass is 9.94. The molecule has 208 valence electrons. The molecule has 2 aliphatic rings. The van der Waals surface area contributed by atoms with Gasteiger partial charge in [-0.25, -0.2) is 8.78 Å². The summed E-state index contributed by atoms with van der Waals surface area (Å²) in [6, 6.07) is 11.5. The highest BCUT2D eigenvalue weighted by molar-refractivity contribution is 5.80. The summed E-state index contributed by atoms with van der Waals surface area (Å²) in [7, 11) is 0. The fourth-order valence-corrected chi connectivity index (χ4v) is 5.64. The number of likely N-dealkylation sites (tertiary alicyclic amines) is 2. The van der Waals surface area contributed by atoms with Crippen molar-refractivity contribution in [1.82, 2.24) is 9.80 Å². The van der Waals surface area contributed by atoms with Crippen molar-refractivity contribution in [1.29, 1.82) is 0 Å². The summed E-state index contributed by atoms with van der Waals surface area (Å²) in [5, 5.41) is 10.7. The fourth-order valence-electron chi connectivity index (χ4n) is 5.64. The number of hydrogen-bond acceptors (Lipinski definition) is 5. The number of amides is 1. The third-order valence-corrected chi connectivity index (χ3v) is 8.36. The Bertz CT molecular complexity index is 1070. The molecule has 2 aromatic rings. The first-order valence-electron chi connectivity index (χ1n) is 13.9. The Morgan fingerprint density at radius 2 is 1.79 bits per heavy atom. The molecule has 0 aromatic heterocycles. The summed E-state index contributed by atoms with van der Waals surface area (Å²) >= 11 is 0. The van der Waals surface area contributed by atoms with Crippen LogP contribution in [0.4, 0.5) is 8.78 Å².